The van der Waals surface area contributed by atoms with Gasteiger partial charge in [-0.2, -0.15) is 8.42 Å². The minimum Gasteiger partial charge on any atom is -0.459 e. The molecule has 1 aromatic heterocycles. The molecule has 0 unspecified atom stereocenters. The molecular weight excluding hydrogens is 396 g/mol. The maximum atomic E-state index is 12.4. The van der Waals surface area contributed by atoms with Crippen molar-refractivity contribution in [1.82, 2.24) is 10.2 Å². The maximum absolute atomic E-state index is 12.4. The summed E-state index contributed by atoms with van der Waals surface area (Å²) in [6.07, 6.45) is 2.98. The first-order valence-corrected chi connectivity index (χ1v) is 10.6. The molecule has 154 valence electrons. The van der Waals surface area contributed by atoms with Gasteiger partial charge in [0.05, 0.1) is 11.2 Å². The first-order valence-electron chi connectivity index (χ1n) is 9.12. The van der Waals surface area contributed by atoms with E-state index in [-0.39, 0.29) is 29.5 Å². The summed E-state index contributed by atoms with van der Waals surface area (Å²) in [6.45, 7) is 0.935. The fourth-order valence-corrected chi connectivity index (χ4v) is 3.91. The maximum Gasteiger partial charge on any atom is 0.286 e. The predicted octanol–water partition coefficient (Wildman–Crippen LogP) is 1.85. The van der Waals surface area contributed by atoms with E-state index in [1.54, 1.807) is 6.07 Å². The number of benzene rings is 1. The molecule has 1 aromatic carbocycles. The summed E-state index contributed by atoms with van der Waals surface area (Å²) in [5, 5.41) is 5.23. The molecule has 2 amide bonds. The Morgan fingerprint density at radius 2 is 1.97 bits per heavy atom. The molecule has 0 radical (unpaired) electrons. The van der Waals surface area contributed by atoms with E-state index < -0.39 is 15.9 Å². The minimum atomic E-state index is -3.79. The van der Waals surface area contributed by atoms with E-state index in [1.807, 2.05) is 11.9 Å². The third kappa shape index (κ3) is 5.44. The number of nitrogens with one attached hydrogen (secondary N) is 2. The van der Waals surface area contributed by atoms with Crippen LogP contribution in [0.5, 0.6) is 0 Å². The lowest BCUT2D eigenvalue weighted by Crippen LogP contribution is -2.27. The van der Waals surface area contributed by atoms with Crippen molar-refractivity contribution in [3.05, 3.63) is 48.4 Å². The fourth-order valence-electron chi connectivity index (χ4n) is 2.82. The van der Waals surface area contributed by atoms with Crippen LogP contribution in [0.2, 0.25) is 0 Å². The number of hydrogen-bond acceptors (Lipinski definition) is 5. The van der Waals surface area contributed by atoms with Gasteiger partial charge in [-0.3, -0.25) is 9.59 Å². The summed E-state index contributed by atoms with van der Waals surface area (Å²) in [4.78, 5) is 25.6. The number of amides is 2. The number of furan rings is 1. The first-order chi connectivity index (χ1) is 13.8. The minimum absolute atomic E-state index is 0.0620. The van der Waals surface area contributed by atoms with Crippen molar-refractivity contribution in [1.29, 1.82) is 0 Å². The van der Waals surface area contributed by atoms with Gasteiger partial charge in [-0.25, -0.2) is 0 Å². The Balaban J connectivity index is 1.52. The van der Waals surface area contributed by atoms with E-state index in [2.05, 4.69) is 15.0 Å². The Bertz CT molecular complexity index is 998. The molecule has 9 nitrogen and oxygen atoms in total. The van der Waals surface area contributed by atoms with Gasteiger partial charge in [0, 0.05) is 38.7 Å². The molecular formula is C19H22N4O5S. The van der Waals surface area contributed by atoms with E-state index >= 15 is 0 Å². The molecule has 0 spiro atoms. The van der Waals surface area contributed by atoms with Gasteiger partial charge in [-0.05, 0) is 42.8 Å². The molecule has 0 atom stereocenters. The molecule has 10 heteroatoms. The van der Waals surface area contributed by atoms with Crippen LogP contribution in [-0.2, 0) is 14.8 Å². The lowest BCUT2D eigenvalue weighted by molar-refractivity contribution is -0.116. The summed E-state index contributed by atoms with van der Waals surface area (Å²) in [6, 6.07) is 8.95. The van der Waals surface area contributed by atoms with Gasteiger partial charge in [0.25, 0.3) is 15.9 Å². The highest BCUT2D eigenvalue weighted by Gasteiger charge is 2.20. The van der Waals surface area contributed by atoms with Crippen LogP contribution in [0.15, 0.2) is 56.4 Å². The number of carbonyl (C=O) groups is 2. The molecule has 2 heterocycles. The van der Waals surface area contributed by atoms with Crippen LogP contribution in [0, 0.1) is 0 Å². The molecule has 0 bridgehead atoms. The second-order valence-electron chi connectivity index (χ2n) is 6.56. The second-order valence-corrected chi connectivity index (χ2v) is 8.17. The van der Waals surface area contributed by atoms with E-state index in [9.17, 15) is 18.0 Å². The fraction of sp³-hybridized carbons (Fsp3) is 0.316. The lowest BCUT2D eigenvalue weighted by atomic mass is 10.3. The van der Waals surface area contributed by atoms with Crippen molar-refractivity contribution >= 4 is 33.4 Å². The number of carbonyl (C=O) groups excluding carboxylic acids is 2. The van der Waals surface area contributed by atoms with E-state index in [4.69, 9.17) is 4.42 Å². The van der Waals surface area contributed by atoms with Crippen LogP contribution in [0.1, 0.15) is 29.8 Å². The molecule has 0 saturated carbocycles. The zero-order valence-corrected chi connectivity index (χ0v) is 16.7. The van der Waals surface area contributed by atoms with Crippen LogP contribution in [0.3, 0.4) is 0 Å². The molecule has 2 N–H and O–H groups in total. The number of sulfonamides is 1. The highest BCUT2D eigenvalue weighted by Crippen LogP contribution is 2.19. The number of likely N-dealkylation sites (tertiary alicyclic amines) is 1. The van der Waals surface area contributed by atoms with E-state index in [1.165, 1.54) is 36.6 Å². The Kier molecular flexibility index (Phi) is 6.32. The summed E-state index contributed by atoms with van der Waals surface area (Å²) in [5.74, 6) is 0.0219. The van der Waals surface area contributed by atoms with Crippen molar-refractivity contribution in [2.75, 3.05) is 25.5 Å². The van der Waals surface area contributed by atoms with Crippen molar-refractivity contribution in [2.24, 2.45) is 4.40 Å². The highest BCUT2D eigenvalue weighted by molar-refractivity contribution is 7.90. The largest absolute Gasteiger partial charge is 0.459 e. The summed E-state index contributed by atoms with van der Waals surface area (Å²) < 4.78 is 33.7. The summed E-state index contributed by atoms with van der Waals surface area (Å²) in [5.41, 5.74) is 0.456. The smallest absolute Gasteiger partial charge is 0.286 e. The molecule has 1 aliphatic heterocycles. The van der Waals surface area contributed by atoms with Crippen molar-refractivity contribution in [3.8, 4) is 0 Å². The Morgan fingerprint density at radius 3 is 2.59 bits per heavy atom. The average molecular weight is 418 g/mol. The van der Waals surface area contributed by atoms with Crippen LogP contribution < -0.4 is 10.6 Å². The van der Waals surface area contributed by atoms with Crippen LogP contribution in [0.25, 0.3) is 0 Å². The SMILES string of the molecule is CN1CCC/C1=N/S(=O)(=O)c1ccc(NC(=O)CCNC(=O)c2ccco2)cc1. The average Bonchev–Trinajstić information content (AvgIpc) is 3.34. The standard InChI is InChI=1S/C19H22N4O5S/c1-23-12-2-5-17(23)22-29(26,27)15-8-6-14(7-9-15)21-18(24)10-11-20-19(25)16-4-3-13-28-16/h3-4,6-9,13H,2,5,10-12H2,1H3,(H,20,25)(H,21,24)/b22-17-. The normalized spacial score (nSPS) is 15.5. The van der Waals surface area contributed by atoms with Gasteiger partial charge in [0.2, 0.25) is 5.91 Å². The van der Waals surface area contributed by atoms with Crippen LogP contribution >= 0.6 is 0 Å². The number of hydrogen-bond donors (Lipinski definition) is 2. The van der Waals surface area contributed by atoms with E-state index in [0.29, 0.717) is 17.9 Å². The van der Waals surface area contributed by atoms with E-state index in [0.717, 1.165) is 13.0 Å². The van der Waals surface area contributed by atoms with Gasteiger partial charge in [0.15, 0.2) is 5.76 Å². The van der Waals surface area contributed by atoms with Crippen molar-refractivity contribution < 1.29 is 22.4 Å². The van der Waals surface area contributed by atoms with Gasteiger partial charge in [-0.15, -0.1) is 4.40 Å². The lowest BCUT2D eigenvalue weighted by Gasteiger charge is -2.11. The van der Waals surface area contributed by atoms with Crippen molar-refractivity contribution in [3.63, 3.8) is 0 Å². The van der Waals surface area contributed by atoms with Crippen molar-refractivity contribution in [2.45, 2.75) is 24.2 Å². The molecule has 1 aliphatic rings. The van der Waals surface area contributed by atoms with Gasteiger partial charge in [-0.1, -0.05) is 0 Å². The Labute approximate surface area is 168 Å². The predicted molar refractivity (Wildman–Crippen MR) is 107 cm³/mol. The summed E-state index contributed by atoms with van der Waals surface area (Å²) >= 11 is 0. The topological polar surface area (TPSA) is 121 Å². The first kappa shape index (κ1) is 20.6. The number of amidine groups is 1. The van der Waals surface area contributed by atoms with Gasteiger partial charge >= 0.3 is 0 Å². The van der Waals surface area contributed by atoms with Crippen LogP contribution in [-0.4, -0.2) is 51.1 Å². The van der Waals surface area contributed by atoms with Crippen LogP contribution in [0.4, 0.5) is 5.69 Å². The number of anilines is 1. The third-order valence-corrected chi connectivity index (χ3v) is 5.70. The molecule has 2 aromatic rings. The molecule has 1 fully saturated rings. The zero-order valence-electron chi connectivity index (χ0n) is 15.9. The molecule has 0 aliphatic carbocycles. The number of nitrogens with zero attached hydrogens (tertiary/aromatic N) is 2. The molecule has 29 heavy (non-hydrogen) atoms. The summed E-state index contributed by atoms with van der Waals surface area (Å²) in [7, 11) is -1.97. The third-order valence-electron chi connectivity index (χ3n) is 4.38. The van der Waals surface area contributed by atoms with Gasteiger partial charge in [0.1, 0.15) is 5.84 Å². The van der Waals surface area contributed by atoms with Gasteiger partial charge < -0.3 is 20.0 Å². The zero-order chi connectivity index (χ0) is 20.9. The second kappa shape index (κ2) is 8.91. The quantitative estimate of drug-likeness (QED) is 0.708. The Morgan fingerprint density at radius 1 is 1.21 bits per heavy atom. The number of rotatable bonds is 7. The monoisotopic (exact) mass is 418 g/mol. The Hall–Kier alpha value is -3.14. The molecule has 1 saturated heterocycles. The molecule has 3 rings (SSSR count). The highest BCUT2D eigenvalue weighted by atomic mass is 32.2.